The van der Waals surface area contributed by atoms with E-state index in [0.717, 1.165) is 41.9 Å². The van der Waals surface area contributed by atoms with E-state index >= 15 is 0 Å². The second-order valence-electron chi connectivity index (χ2n) is 13.2. The molecule has 0 aromatic carbocycles. The molecule has 3 saturated carbocycles. The van der Waals surface area contributed by atoms with Crippen molar-refractivity contribution in [3.63, 3.8) is 0 Å². The van der Waals surface area contributed by atoms with Crippen molar-refractivity contribution < 1.29 is 9.53 Å². The van der Waals surface area contributed by atoms with Crippen molar-refractivity contribution in [2.75, 3.05) is 0 Å². The summed E-state index contributed by atoms with van der Waals surface area (Å²) in [6.45, 7) is 16.4. The Morgan fingerprint density at radius 2 is 1.81 bits per heavy atom. The molecule has 0 spiro atoms. The van der Waals surface area contributed by atoms with E-state index in [1.807, 2.05) is 0 Å². The van der Waals surface area contributed by atoms with Crippen LogP contribution in [0.1, 0.15) is 113 Å². The molecule has 0 bridgehead atoms. The number of fused-ring (bicyclic) bond motifs is 5. The molecule has 32 heavy (non-hydrogen) atoms. The zero-order valence-electron chi connectivity index (χ0n) is 22.1. The zero-order chi connectivity index (χ0) is 23.3. The maximum atomic E-state index is 11.6. The summed E-state index contributed by atoms with van der Waals surface area (Å²) < 4.78 is 5.73. The highest BCUT2D eigenvalue weighted by Gasteiger charge is 2.60. The largest absolute Gasteiger partial charge is 0.462 e. The van der Waals surface area contributed by atoms with E-state index in [0.29, 0.717) is 16.7 Å². The molecule has 4 aliphatic rings. The first-order valence-corrected chi connectivity index (χ1v) is 14.0. The molecule has 2 nitrogen and oxygen atoms in total. The molecule has 0 unspecified atom stereocenters. The minimum Gasteiger partial charge on any atom is -0.462 e. The minimum atomic E-state index is -0.118. The number of allylic oxidation sites excluding steroid dienone is 1. The predicted molar refractivity (Wildman–Crippen MR) is 133 cm³/mol. The molecule has 0 radical (unpaired) electrons. The molecule has 3 fully saturated rings. The van der Waals surface area contributed by atoms with Crippen LogP contribution in [0.3, 0.4) is 0 Å². The van der Waals surface area contributed by atoms with Crippen molar-refractivity contribution in [3.05, 3.63) is 11.6 Å². The van der Waals surface area contributed by atoms with Crippen LogP contribution in [-0.2, 0) is 9.53 Å². The van der Waals surface area contributed by atoms with Gasteiger partial charge < -0.3 is 4.74 Å². The minimum absolute atomic E-state index is 0.0831. The van der Waals surface area contributed by atoms with Gasteiger partial charge in [-0.05, 0) is 91.3 Å². The molecule has 4 rings (SSSR count). The fourth-order valence-electron chi connectivity index (χ4n) is 9.44. The SMILES string of the molecule is CC(=O)O[C@H]1CC[C@@]2(C)C(=CC[C@H]3[C@@H]4CC[C@H]([C@H](C)CCCC(C)C)[C@@]4(C)CC[C@@H]32)[C@H]1C. The van der Waals surface area contributed by atoms with Crippen molar-refractivity contribution >= 4 is 5.97 Å². The van der Waals surface area contributed by atoms with E-state index in [-0.39, 0.29) is 12.1 Å². The second kappa shape index (κ2) is 9.10. The Kier molecular flexibility index (Phi) is 6.92. The van der Waals surface area contributed by atoms with E-state index in [2.05, 4.69) is 47.6 Å². The van der Waals surface area contributed by atoms with Gasteiger partial charge in [-0.2, -0.15) is 0 Å². The Balaban J connectivity index is 1.50. The molecule has 0 saturated heterocycles. The van der Waals surface area contributed by atoms with Gasteiger partial charge >= 0.3 is 5.97 Å². The Bertz CT molecular complexity index is 722. The van der Waals surface area contributed by atoms with Crippen LogP contribution >= 0.6 is 0 Å². The van der Waals surface area contributed by atoms with Crippen LogP contribution in [0.5, 0.6) is 0 Å². The highest BCUT2D eigenvalue weighted by atomic mass is 16.5. The lowest BCUT2D eigenvalue weighted by atomic mass is 9.46. The van der Waals surface area contributed by atoms with Crippen LogP contribution in [0.25, 0.3) is 0 Å². The quantitative estimate of drug-likeness (QED) is 0.306. The maximum absolute atomic E-state index is 11.6. The fourth-order valence-corrected chi connectivity index (χ4v) is 9.44. The molecular weight excluding hydrogens is 392 g/mol. The summed E-state index contributed by atoms with van der Waals surface area (Å²) in [6, 6.07) is 0. The number of ether oxygens (including phenoxy) is 1. The van der Waals surface area contributed by atoms with Crippen molar-refractivity contribution in [1.82, 2.24) is 0 Å². The number of hydrogen-bond donors (Lipinski definition) is 0. The van der Waals surface area contributed by atoms with Crippen molar-refractivity contribution in [1.29, 1.82) is 0 Å². The smallest absolute Gasteiger partial charge is 0.302 e. The third-order valence-corrected chi connectivity index (χ3v) is 11.0. The predicted octanol–water partition coefficient (Wildman–Crippen LogP) is 8.21. The van der Waals surface area contributed by atoms with E-state index in [1.165, 1.54) is 57.8 Å². The summed E-state index contributed by atoms with van der Waals surface area (Å²) in [5.41, 5.74) is 2.50. The Labute approximate surface area is 198 Å². The topological polar surface area (TPSA) is 26.3 Å². The molecular formula is C30H50O2. The van der Waals surface area contributed by atoms with Gasteiger partial charge in [-0.25, -0.2) is 0 Å². The van der Waals surface area contributed by atoms with Crippen LogP contribution in [0.15, 0.2) is 11.6 Å². The zero-order valence-corrected chi connectivity index (χ0v) is 22.1. The first-order chi connectivity index (χ1) is 15.1. The van der Waals surface area contributed by atoms with E-state index in [9.17, 15) is 4.79 Å². The van der Waals surface area contributed by atoms with Crippen molar-refractivity contribution in [2.24, 2.45) is 52.3 Å². The maximum Gasteiger partial charge on any atom is 0.302 e. The monoisotopic (exact) mass is 442 g/mol. The van der Waals surface area contributed by atoms with E-state index in [4.69, 9.17) is 4.74 Å². The van der Waals surface area contributed by atoms with Crippen molar-refractivity contribution in [3.8, 4) is 0 Å². The summed E-state index contributed by atoms with van der Waals surface area (Å²) in [7, 11) is 0. The number of esters is 1. The number of rotatable bonds is 6. The van der Waals surface area contributed by atoms with Gasteiger partial charge in [0.15, 0.2) is 0 Å². The van der Waals surface area contributed by atoms with Gasteiger partial charge in [-0.1, -0.05) is 72.5 Å². The molecule has 0 N–H and O–H groups in total. The van der Waals surface area contributed by atoms with Gasteiger partial charge in [0.05, 0.1) is 0 Å². The third-order valence-electron chi connectivity index (χ3n) is 11.0. The van der Waals surface area contributed by atoms with Gasteiger partial charge in [-0.3, -0.25) is 4.79 Å². The van der Waals surface area contributed by atoms with Crippen LogP contribution in [0.4, 0.5) is 0 Å². The average Bonchev–Trinajstić information content (AvgIpc) is 3.07. The first kappa shape index (κ1) is 24.3. The lowest BCUT2D eigenvalue weighted by Gasteiger charge is -2.59. The number of carbonyl (C=O) groups is 1. The van der Waals surface area contributed by atoms with Crippen molar-refractivity contribution in [2.45, 2.75) is 119 Å². The summed E-state index contributed by atoms with van der Waals surface area (Å²) in [6.07, 6.45) is 16.2. The Morgan fingerprint density at radius 3 is 2.50 bits per heavy atom. The molecule has 182 valence electrons. The molecule has 2 heteroatoms. The van der Waals surface area contributed by atoms with Gasteiger partial charge in [0.1, 0.15) is 6.10 Å². The van der Waals surface area contributed by atoms with Gasteiger partial charge in [-0.15, -0.1) is 0 Å². The van der Waals surface area contributed by atoms with E-state index < -0.39 is 0 Å². The third kappa shape index (κ3) is 4.11. The molecule has 0 aromatic heterocycles. The highest BCUT2D eigenvalue weighted by Crippen LogP contribution is 2.67. The van der Waals surface area contributed by atoms with E-state index in [1.54, 1.807) is 12.5 Å². The number of hydrogen-bond acceptors (Lipinski definition) is 2. The van der Waals surface area contributed by atoms with Gasteiger partial charge in [0, 0.05) is 12.8 Å². The van der Waals surface area contributed by atoms with Gasteiger partial charge in [0.25, 0.3) is 0 Å². The van der Waals surface area contributed by atoms with Crippen LogP contribution < -0.4 is 0 Å². The standard InChI is InChI=1S/C30H50O2/c1-19(2)9-8-10-20(3)24-13-14-26-23-11-12-25-21(4)28(32-22(5)31)16-18-30(25,7)27(23)15-17-29(24,26)6/h12,19-21,23-24,26-28H,8-11,13-18H2,1-7H3/t20-,21-,23+,24-,26+,27+,28+,29-,30+/m1/s1. The molecule has 9 atom stereocenters. The lowest BCUT2D eigenvalue weighted by molar-refractivity contribution is -0.151. The van der Waals surface area contributed by atoms with Crippen LogP contribution in [-0.4, -0.2) is 12.1 Å². The van der Waals surface area contributed by atoms with Crippen LogP contribution in [0, 0.1) is 52.3 Å². The molecule has 0 aliphatic heterocycles. The summed E-state index contributed by atoms with van der Waals surface area (Å²) >= 11 is 0. The van der Waals surface area contributed by atoms with Gasteiger partial charge in [0.2, 0.25) is 0 Å². The fraction of sp³-hybridized carbons (Fsp3) is 0.900. The highest BCUT2D eigenvalue weighted by molar-refractivity contribution is 5.66. The Hall–Kier alpha value is -0.790. The summed E-state index contributed by atoms with van der Waals surface area (Å²) in [5, 5.41) is 0. The molecule has 0 amide bonds. The normalized spacial score (nSPS) is 44.3. The Morgan fingerprint density at radius 1 is 1.06 bits per heavy atom. The molecule has 0 aromatic rings. The van der Waals surface area contributed by atoms with Crippen LogP contribution in [0.2, 0.25) is 0 Å². The summed E-state index contributed by atoms with van der Waals surface area (Å²) in [4.78, 5) is 11.6. The first-order valence-electron chi connectivity index (χ1n) is 14.0. The number of carbonyl (C=O) groups excluding carboxylic acids is 1. The molecule has 4 aliphatic carbocycles. The summed E-state index contributed by atoms with van der Waals surface area (Å²) in [5.74, 6) is 5.52. The second-order valence-corrected chi connectivity index (χ2v) is 13.2. The average molecular weight is 443 g/mol. The molecule has 0 heterocycles. The lowest BCUT2D eigenvalue weighted by Crippen LogP contribution is -2.52.